The molecule has 0 aliphatic rings. The van der Waals surface area contributed by atoms with Gasteiger partial charge < -0.3 is 9.84 Å². The fraction of sp³-hybridized carbons (Fsp3) is 0.308. The van der Waals surface area contributed by atoms with Crippen molar-refractivity contribution < 1.29 is 14.2 Å². The number of hydrogen-bond acceptors (Lipinski definition) is 3. The summed E-state index contributed by atoms with van der Waals surface area (Å²) in [4.78, 5) is 0. The maximum absolute atomic E-state index is 13.7. The molecule has 1 aromatic heterocycles. The Morgan fingerprint density at radius 1 is 1.50 bits per heavy atom. The molecule has 5 heteroatoms. The van der Waals surface area contributed by atoms with E-state index in [9.17, 15) is 9.50 Å². The van der Waals surface area contributed by atoms with E-state index >= 15 is 0 Å². The summed E-state index contributed by atoms with van der Waals surface area (Å²) in [6, 6.07) is 4.47. The first-order chi connectivity index (χ1) is 8.61. The lowest BCUT2D eigenvalue weighted by molar-refractivity contribution is 0.194. The van der Waals surface area contributed by atoms with Crippen LogP contribution in [-0.4, -0.2) is 14.9 Å². The number of benzene rings is 1. The van der Waals surface area contributed by atoms with Crippen molar-refractivity contribution in [1.29, 1.82) is 0 Å². The zero-order chi connectivity index (χ0) is 13.1. The highest BCUT2D eigenvalue weighted by Gasteiger charge is 2.15. The van der Waals surface area contributed by atoms with E-state index in [0.29, 0.717) is 17.9 Å². The molecule has 1 aromatic carbocycles. The lowest BCUT2D eigenvalue weighted by Crippen LogP contribution is -1.98. The van der Waals surface area contributed by atoms with Crippen molar-refractivity contribution in [3.63, 3.8) is 0 Å². The second-order valence-corrected chi connectivity index (χ2v) is 3.97. The summed E-state index contributed by atoms with van der Waals surface area (Å²) in [5.74, 6) is -0.00958. The molecular weight excluding hydrogens is 235 g/mol. The monoisotopic (exact) mass is 250 g/mol. The lowest BCUT2D eigenvalue weighted by Gasteiger charge is -2.12. The third kappa shape index (κ3) is 2.51. The minimum Gasteiger partial charge on any atom is -0.451 e. The molecule has 2 rings (SSSR count). The quantitative estimate of drug-likeness (QED) is 0.907. The maximum Gasteiger partial charge on any atom is 0.168 e. The standard InChI is InChI=1S/C13H15FN2O2/c1-3-16-8-10(7-15-16)18-13-11(9(2)17)5-4-6-12(13)14/h4-9,17H,3H2,1-2H3/t9-/m1/s1. The average molecular weight is 250 g/mol. The van der Waals surface area contributed by atoms with Crippen LogP contribution >= 0.6 is 0 Å². The van der Waals surface area contributed by atoms with Crippen LogP contribution in [0.5, 0.6) is 11.5 Å². The summed E-state index contributed by atoms with van der Waals surface area (Å²) in [6.45, 7) is 4.22. The van der Waals surface area contributed by atoms with E-state index in [2.05, 4.69) is 5.10 Å². The van der Waals surface area contributed by atoms with Gasteiger partial charge in [-0.15, -0.1) is 0 Å². The van der Waals surface area contributed by atoms with Crippen molar-refractivity contribution in [1.82, 2.24) is 9.78 Å². The molecule has 0 saturated heterocycles. The van der Waals surface area contributed by atoms with Crippen LogP contribution in [0.2, 0.25) is 0 Å². The number of halogens is 1. The molecule has 2 aromatic rings. The van der Waals surface area contributed by atoms with E-state index in [0.717, 1.165) is 0 Å². The van der Waals surface area contributed by atoms with Crippen molar-refractivity contribution in [3.8, 4) is 11.5 Å². The minimum atomic E-state index is -0.795. The summed E-state index contributed by atoms with van der Waals surface area (Å²) >= 11 is 0. The number of aliphatic hydroxyl groups is 1. The summed E-state index contributed by atoms with van der Waals surface area (Å²) in [6.07, 6.45) is 2.40. The predicted octanol–water partition coefficient (Wildman–Crippen LogP) is 2.89. The van der Waals surface area contributed by atoms with Crippen LogP contribution in [0.15, 0.2) is 30.6 Å². The van der Waals surface area contributed by atoms with E-state index in [-0.39, 0.29) is 5.75 Å². The fourth-order valence-corrected chi connectivity index (χ4v) is 1.65. The number of hydrogen-bond donors (Lipinski definition) is 1. The zero-order valence-corrected chi connectivity index (χ0v) is 10.3. The summed E-state index contributed by atoms with van der Waals surface area (Å²) < 4.78 is 20.9. The molecule has 1 atom stereocenters. The van der Waals surface area contributed by atoms with E-state index in [1.54, 1.807) is 29.9 Å². The van der Waals surface area contributed by atoms with E-state index in [1.165, 1.54) is 12.3 Å². The van der Waals surface area contributed by atoms with Crippen LogP contribution in [0.4, 0.5) is 4.39 Å². The number of aryl methyl sites for hydroxylation is 1. The number of rotatable bonds is 4. The van der Waals surface area contributed by atoms with Crippen LogP contribution in [0.25, 0.3) is 0 Å². The summed E-state index contributed by atoms with van der Waals surface area (Å²) in [5, 5.41) is 13.6. The summed E-state index contributed by atoms with van der Waals surface area (Å²) in [7, 11) is 0. The molecule has 96 valence electrons. The number of aromatic nitrogens is 2. The van der Waals surface area contributed by atoms with Crippen molar-refractivity contribution in [2.24, 2.45) is 0 Å². The van der Waals surface area contributed by atoms with Crippen LogP contribution in [0, 0.1) is 5.82 Å². The molecule has 0 bridgehead atoms. The second-order valence-electron chi connectivity index (χ2n) is 3.97. The van der Waals surface area contributed by atoms with Gasteiger partial charge in [-0.05, 0) is 19.9 Å². The Bertz CT molecular complexity index is 538. The molecule has 0 spiro atoms. The van der Waals surface area contributed by atoms with Gasteiger partial charge in [-0.25, -0.2) is 4.39 Å². The summed E-state index contributed by atoms with van der Waals surface area (Å²) in [5.41, 5.74) is 0.416. The van der Waals surface area contributed by atoms with Gasteiger partial charge in [0.2, 0.25) is 0 Å². The van der Waals surface area contributed by atoms with E-state index in [4.69, 9.17) is 4.74 Å². The third-order valence-corrected chi connectivity index (χ3v) is 2.60. The van der Waals surface area contributed by atoms with Gasteiger partial charge >= 0.3 is 0 Å². The Morgan fingerprint density at radius 2 is 2.28 bits per heavy atom. The van der Waals surface area contributed by atoms with Gasteiger partial charge in [0.25, 0.3) is 0 Å². The molecule has 0 amide bonds. The van der Waals surface area contributed by atoms with Gasteiger partial charge in [-0.1, -0.05) is 12.1 Å². The van der Waals surface area contributed by atoms with Crippen molar-refractivity contribution in [2.45, 2.75) is 26.5 Å². The highest BCUT2D eigenvalue weighted by molar-refractivity contribution is 5.39. The van der Waals surface area contributed by atoms with Crippen LogP contribution in [0.3, 0.4) is 0 Å². The van der Waals surface area contributed by atoms with Crippen molar-refractivity contribution in [2.75, 3.05) is 0 Å². The fourth-order valence-electron chi connectivity index (χ4n) is 1.65. The molecule has 1 N–H and O–H groups in total. The first-order valence-electron chi connectivity index (χ1n) is 5.78. The van der Waals surface area contributed by atoms with Crippen molar-refractivity contribution in [3.05, 3.63) is 42.0 Å². The molecular formula is C13H15FN2O2. The van der Waals surface area contributed by atoms with Gasteiger partial charge in [0.15, 0.2) is 17.3 Å². The first kappa shape index (κ1) is 12.6. The molecule has 18 heavy (non-hydrogen) atoms. The number of para-hydroxylation sites is 1. The Kier molecular flexibility index (Phi) is 3.62. The largest absolute Gasteiger partial charge is 0.451 e. The molecule has 0 saturated carbocycles. The van der Waals surface area contributed by atoms with Crippen molar-refractivity contribution >= 4 is 0 Å². The van der Waals surface area contributed by atoms with Gasteiger partial charge in [-0.2, -0.15) is 5.10 Å². The Morgan fingerprint density at radius 3 is 2.89 bits per heavy atom. The first-order valence-corrected chi connectivity index (χ1v) is 5.78. The van der Waals surface area contributed by atoms with E-state index < -0.39 is 11.9 Å². The van der Waals surface area contributed by atoms with Gasteiger partial charge in [0.1, 0.15) is 0 Å². The molecule has 0 aliphatic heterocycles. The highest BCUT2D eigenvalue weighted by Crippen LogP contribution is 2.31. The van der Waals surface area contributed by atoms with Crippen LogP contribution < -0.4 is 4.74 Å². The maximum atomic E-state index is 13.7. The molecule has 0 fully saturated rings. The molecule has 1 heterocycles. The average Bonchev–Trinajstić information content (AvgIpc) is 2.79. The van der Waals surface area contributed by atoms with Gasteiger partial charge in [-0.3, -0.25) is 4.68 Å². The number of nitrogens with zero attached hydrogens (tertiary/aromatic N) is 2. The molecule has 0 unspecified atom stereocenters. The smallest absolute Gasteiger partial charge is 0.168 e. The molecule has 0 radical (unpaired) electrons. The zero-order valence-electron chi connectivity index (χ0n) is 10.3. The number of aliphatic hydroxyl groups excluding tert-OH is 1. The number of ether oxygens (including phenoxy) is 1. The van der Waals surface area contributed by atoms with Gasteiger partial charge in [0, 0.05) is 12.1 Å². The highest BCUT2D eigenvalue weighted by atomic mass is 19.1. The normalized spacial score (nSPS) is 12.4. The second kappa shape index (κ2) is 5.18. The topological polar surface area (TPSA) is 47.3 Å². The minimum absolute atomic E-state index is 0.0446. The predicted molar refractivity (Wildman–Crippen MR) is 65.0 cm³/mol. The Balaban J connectivity index is 2.33. The lowest BCUT2D eigenvalue weighted by atomic mass is 10.1. The van der Waals surface area contributed by atoms with E-state index in [1.807, 2.05) is 6.92 Å². The Labute approximate surface area is 105 Å². The van der Waals surface area contributed by atoms with Crippen LogP contribution in [-0.2, 0) is 6.54 Å². The van der Waals surface area contributed by atoms with Crippen LogP contribution in [0.1, 0.15) is 25.5 Å². The Hall–Kier alpha value is -1.88. The molecule has 0 aliphatic carbocycles. The SMILES string of the molecule is CCn1cc(Oc2c(F)cccc2[C@@H](C)O)cn1. The van der Waals surface area contributed by atoms with Gasteiger partial charge in [0.05, 0.1) is 18.5 Å². The molecule has 4 nitrogen and oxygen atoms in total. The third-order valence-electron chi connectivity index (χ3n) is 2.60.